The van der Waals surface area contributed by atoms with E-state index < -0.39 is 0 Å². The molecule has 4 saturated carbocycles. The Balaban J connectivity index is 1.39. The molecule has 0 atom stereocenters. The lowest BCUT2D eigenvalue weighted by molar-refractivity contribution is -0.0448. The Morgan fingerprint density at radius 3 is 1.44 bits per heavy atom. The van der Waals surface area contributed by atoms with Crippen molar-refractivity contribution in [3.8, 4) is 22.5 Å². The molecule has 0 radical (unpaired) electrons. The molecule has 4 nitrogen and oxygen atoms in total. The quantitative estimate of drug-likeness (QED) is 0.266. The number of H-pyrrole nitrogens is 2. The minimum absolute atomic E-state index is 0.0169. The van der Waals surface area contributed by atoms with Crippen LogP contribution in [0, 0.1) is 23.7 Å². The van der Waals surface area contributed by atoms with Gasteiger partial charge < -0.3 is 21.4 Å². The number of benzene rings is 2. The zero-order valence-electron chi connectivity index (χ0n) is 19.4. The third-order valence-corrected chi connectivity index (χ3v) is 9.19. The third kappa shape index (κ3) is 2.78. The first kappa shape index (κ1) is 20.0. The first-order valence-corrected chi connectivity index (χ1v) is 12.7. The number of nitrogens with two attached hydrogens (primary N) is 2. The molecule has 2 heterocycles. The highest BCUT2D eigenvalue weighted by Crippen LogP contribution is 2.65. The number of hydrogen-bond acceptors (Lipinski definition) is 2. The summed E-state index contributed by atoms with van der Waals surface area (Å²) in [7, 11) is 0. The molecule has 0 spiro atoms. The summed E-state index contributed by atoms with van der Waals surface area (Å²) in [5.74, 6) is 3.11. The predicted octanol–water partition coefficient (Wildman–Crippen LogP) is 6.58. The average Bonchev–Trinajstić information content (AvgIpc) is 3.51. The molecule has 4 aromatic rings. The van der Waals surface area contributed by atoms with Crippen molar-refractivity contribution in [2.45, 2.75) is 37.5 Å². The van der Waals surface area contributed by atoms with Gasteiger partial charge in [-0.3, -0.25) is 0 Å². The van der Waals surface area contributed by atoms with Gasteiger partial charge in [0.25, 0.3) is 0 Å². The predicted molar refractivity (Wildman–Crippen MR) is 139 cm³/mol. The molecule has 8 rings (SSSR count). The number of rotatable bonds is 4. The SMILES string of the molecule is Nc1ccccc1-c1ccc(C2(c3ccc(-c4ccccc4N)[nH]3)C3CC4CC(C3)CC2C4)[nH]1. The van der Waals surface area contributed by atoms with Gasteiger partial charge in [-0.25, -0.2) is 0 Å². The Labute approximate surface area is 200 Å². The molecule has 4 aliphatic rings. The zero-order chi connectivity index (χ0) is 22.9. The molecular weight excluding hydrogens is 416 g/mol. The maximum Gasteiger partial charge on any atom is 0.0560 e. The Morgan fingerprint density at radius 1 is 0.559 bits per heavy atom. The van der Waals surface area contributed by atoms with Crippen molar-refractivity contribution < 1.29 is 0 Å². The van der Waals surface area contributed by atoms with E-state index in [9.17, 15) is 0 Å². The number of para-hydroxylation sites is 2. The lowest BCUT2D eigenvalue weighted by Gasteiger charge is -2.61. The second-order valence-corrected chi connectivity index (χ2v) is 10.9. The van der Waals surface area contributed by atoms with Crippen molar-refractivity contribution >= 4 is 11.4 Å². The molecule has 172 valence electrons. The maximum atomic E-state index is 6.34. The fourth-order valence-electron chi connectivity index (χ4n) is 8.02. The lowest BCUT2D eigenvalue weighted by Crippen LogP contribution is -2.56. The first-order chi connectivity index (χ1) is 16.6. The van der Waals surface area contributed by atoms with Gasteiger partial charge in [0.1, 0.15) is 0 Å². The summed E-state index contributed by atoms with van der Waals surface area (Å²) < 4.78 is 0. The van der Waals surface area contributed by atoms with E-state index in [0.717, 1.165) is 45.7 Å². The number of aromatic nitrogens is 2. The minimum Gasteiger partial charge on any atom is -0.398 e. The Kier molecular flexibility index (Phi) is 4.30. The zero-order valence-corrected chi connectivity index (χ0v) is 19.4. The average molecular weight is 449 g/mol. The standard InChI is InChI=1S/C30H32N4/c31-24-7-3-1-5-22(24)26-9-11-28(33-26)30(20-14-18-13-19(16-20)17-21(30)15-18)29-12-10-27(34-29)23-6-2-4-8-25(23)32/h1-12,18-21,33-34H,13-17,31-32H2. The van der Waals surface area contributed by atoms with Crippen LogP contribution in [0.4, 0.5) is 11.4 Å². The van der Waals surface area contributed by atoms with Gasteiger partial charge in [-0.1, -0.05) is 36.4 Å². The van der Waals surface area contributed by atoms with Gasteiger partial charge in [0.2, 0.25) is 0 Å². The second kappa shape index (κ2) is 7.30. The molecule has 34 heavy (non-hydrogen) atoms. The van der Waals surface area contributed by atoms with E-state index in [0.29, 0.717) is 11.8 Å². The van der Waals surface area contributed by atoms with Crippen LogP contribution in [0.25, 0.3) is 22.5 Å². The van der Waals surface area contributed by atoms with E-state index in [1.807, 2.05) is 24.3 Å². The fraction of sp³-hybridized carbons (Fsp3) is 0.333. The number of anilines is 2. The topological polar surface area (TPSA) is 83.6 Å². The summed E-state index contributed by atoms with van der Waals surface area (Å²) >= 11 is 0. The highest BCUT2D eigenvalue weighted by atomic mass is 14.9. The molecule has 2 aromatic carbocycles. The van der Waals surface area contributed by atoms with Crippen LogP contribution in [0.1, 0.15) is 43.5 Å². The number of aromatic amines is 2. The summed E-state index contributed by atoms with van der Waals surface area (Å²) in [5, 5.41) is 0. The minimum atomic E-state index is -0.0169. The second-order valence-electron chi connectivity index (χ2n) is 10.9. The summed E-state index contributed by atoms with van der Waals surface area (Å²) in [6.07, 6.45) is 6.76. The van der Waals surface area contributed by atoms with Gasteiger partial charge >= 0.3 is 0 Å². The Bertz CT molecular complexity index is 1250. The smallest absolute Gasteiger partial charge is 0.0560 e. The molecule has 0 saturated heterocycles. The monoisotopic (exact) mass is 448 g/mol. The Hall–Kier alpha value is -3.40. The molecule has 0 aliphatic heterocycles. The third-order valence-electron chi connectivity index (χ3n) is 9.19. The fourth-order valence-corrected chi connectivity index (χ4v) is 8.02. The number of nitrogen functional groups attached to an aromatic ring is 2. The van der Waals surface area contributed by atoms with E-state index in [1.54, 1.807) is 0 Å². The van der Waals surface area contributed by atoms with Gasteiger partial charge in [-0.15, -0.1) is 0 Å². The van der Waals surface area contributed by atoms with Crippen LogP contribution in [0.5, 0.6) is 0 Å². The van der Waals surface area contributed by atoms with E-state index in [4.69, 9.17) is 11.5 Å². The van der Waals surface area contributed by atoms with Crippen molar-refractivity contribution in [1.29, 1.82) is 0 Å². The highest BCUT2D eigenvalue weighted by Gasteiger charge is 2.59. The maximum absolute atomic E-state index is 6.34. The van der Waals surface area contributed by atoms with E-state index in [-0.39, 0.29) is 5.41 Å². The summed E-state index contributed by atoms with van der Waals surface area (Å²) in [4.78, 5) is 7.75. The summed E-state index contributed by atoms with van der Waals surface area (Å²) in [5.41, 5.74) is 21.4. The molecule has 4 heteroatoms. The van der Waals surface area contributed by atoms with Crippen molar-refractivity contribution in [3.63, 3.8) is 0 Å². The van der Waals surface area contributed by atoms with Gasteiger partial charge in [0, 0.05) is 45.3 Å². The highest BCUT2D eigenvalue weighted by molar-refractivity contribution is 5.75. The van der Waals surface area contributed by atoms with Crippen molar-refractivity contribution in [2.24, 2.45) is 23.7 Å². The van der Waals surface area contributed by atoms with Crippen LogP contribution in [0.3, 0.4) is 0 Å². The molecule has 4 bridgehead atoms. The van der Waals surface area contributed by atoms with Gasteiger partial charge in [0.15, 0.2) is 0 Å². The number of nitrogens with one attached hydrogen (secondary N) is 2. The van der Waals surface area contributed by atoms with E-state index in [1.165, 1.54) is 43.5 Å². The Morgan fingerprint density at radius 2 is 1.00 bits per heavy atom. The molecule has 0 amide bonds. The van der Waals surface area contributed by atoms with Gasteiger partial charge in [-0.2, -0.15) is 0 Å². The number of hydrogen-bond donors (Lipinski definition) is 4. The van der Waals surface area contributed by atoms with Crippen molar-refractivity contribution in [2.75, 3.05) is 11.5 Å². The first-order valence-electron chi connectivity index (χ1n) is 12.7. The van der Waals surface area contributed by atoms with Gasteiger partial charge in [-0.05, 0) is 92.2 Å². The normalized spacial score (nSPS) is 26.7. The van der Waals surface area contributed by atoms with Crippen LogP contribution in [-0.2, 0) is 5.41 Å². The molecule has 4 aliphatic carbocycles. The summed E-state index contributed by atoms with van der Waals surface area (Å²) in [6.45, 7) is 0. The van der Waals surface area contributed by atoms with E-state index >= 15 is 0 Å². The largest absolute Gasteiger partial charge is 0.398 e. The molecule has 4 fully saturated rings. The van der Waals surface area contributed by atoms with Crippen LogP contribution < -0.4 is 11.5 Å². The molecule has 2 aromatic heterocycles. The van der Waals surface area contributed by atoms with Gasteiger partial charge in [0.05, 0.1) is 5.41 Å². The van der Waals surface area contributed by atoms with E-state index in [2.05, 4.69) is 58.5 Å². The van der Waals surface area contributed by atoms with Crippen LogP contribution >= 0.6 is 0 Å². The molecule has 6 N–H and O–H groups in total. The summed E-state index contributed by atoms with van der Waals surface area (Å²) in [6, 6.07) is 25.4. The lowest BCUT2D eigenvalue weighted by atomic mass is 9.43. The van der Waals surface area contributed by atoms with Crippen LogP contribution in [-0.4, -0.2) is 9.97 Å². The van der Waals surface area contributed by atoms with Crippen LogP contribution in [0.2, 0.25) is 0 Å². The molecular formula is C30H32N4. The van der Waals surface area contributed by atoms with Crippen molar-refractivity contribution in [3.05, 3.63) is 84.2 Å². The van der Waals surface area contributed by atoms with Crippen LogP contribution in [0.15, 0.2) is 72.8 Å². The van der Waals surface area contributed by atoms with Crippen molar-refractivity contribution in [1.82, 2.24) is 9.97 Å². The molecule has 0 unspecified atom stereocenters.